The molecule has 0 fully saturated rings. The zero-order valence-electron chi connectivity index (χ0n) is 8.49. The number of nitrogens with one attached hydrogen (secondary N) is 1. The molecule has 0 aromatic heterocycles. The number of rotatable bonds is 3. The number of benzene rings is 1. The van der Waals surface area contributed by atoms with Crippen LogP contribution in [-0.4, -0.2) is 22.1 Å². The van der Waals surface area contributed by atoms with Gasteiger partial charge in [-0.2, -0.15) is 0 Å². The molecule has 0 atom stereocenters. The lowest BCUT2D eigenvalue weighted by molar-refractivity contribution is 0.357. The molecular weight excluding hydrogens is 214 g/mol. The highest BCUT2D eigenvalue weighted by atomic mass is 32.2. The molecule has 0 saturated carbocycles. The van der Waals surface area contributed by atoms with Gasteiger partial charge in [0.25, 0.3) is 0 Å². The van der Waals surface area contributed by atoms with E-state index >= 15 is 0 Å². The van der Waals surface area contributed by atoms with E-state index in [-0.39, 0.29) is 5.75 Å². The minimum Gasteiger partial charge on any atom is -0.493 e. The standard InChI is InChI=1S/C10H13NO3S/c1-11-15(12,13)7-8-2-3-10-9(6-8)4-5-14-10/h2-3,6,11H,4-5,7H2,1H3. The van der Waals surface area contributed by atoms with Gasteiger partial charge in [0.15, 0.2) is 0 Å². The Balaban J connectivity index is 2.24. The minimum atomic E-state index is -3.18. The molecule has 0 bridgehead atoms. The molecule has 0 saturated heterocycles. The van der Waals surface area contributed by atoms with Gasteiger partial charge in [-0.05, 0) is 24.2 Å². The lowest BCUT2D eigenvalue weighted by Gasteiger charge is -2.04. The van der Waals surface area contributed by atoms with Crippen molar-refractivity contribution in [3.05, 3.63) is 29.3 Å². The van der Waals surface area contributed by atoms with Gasteiger partial charge in [0, 0.05) is 6.42 Å². The van der Waals surface area contributed by atoms with Crippen molar-refractivity contribution in [2.75, 3.05) is 13.7 Å². The molecule has 0 unspecified atom stereocenters. The summed E-state index contributed by atoms with van der Waals surface area (Å²) in [7, 11) is -1.76. The average molecular weight is 227 g/mol. The van der Waals surface area contributed by atoms with Crippen LogP contribution in [-0.2, 0) is 22.2 Å². The summed E-state index contributed by atoms with van der Waals surface area (Å²) in [6, 6.07) is 5.53. The fraction of sp³-hybridized carbons (Fsp3) is 0.400. The molecule has 1 N–H and O–H groups in total. The van der Waals surface area contributed by atoms with Crippen LogP contribution in [0.15, 0.2) is 18.2 Å². The van der Waals surface area contributed by atoms with Crippen LogP contribution in [0.3, 0.4) is 0 Å². The molecule has 1 aromatic rings. The van der Waals surface area contributed by atoms with Gasteiger partial charge in [-0.25, -0.2) is 13.1 Å². The third-order valence-corrected chi connectivity index (χ3v) is 3.76. The highest BCUT2D eigenvalue weighted by Gasteiger charge is 2.14. The normalized spacial score (nSPS) is 14.7. The predicted molar refractivity (Wildman–Crippen MR) is 57.3 cm³/mol. The molecule has 0 amide bonds. The van der Waals surface area contributed by atoms with Gasteiger partial charge in [-0.1, -0.05) is 12.1 Å². The van der Waals surface area contributed by atoms with Crippen LogP contribution in [0.4, 0.5) is 0 Å². The largest absolute Gasteiger partial charge is 0.493 e. The summed E-state index contributed by atoms with van der Waals surface area (Å²) in [5.41, 5.74) is 1.90. The van der Waals surface area contributed by atoms with E-state index in [2.05, 4.69) is 4.72 Å². The van der Waals surface area contributed by atoms with E-state index < -0.39 is 10.0 Å². The molecule has 1 aromatic carbocycles. The summed E-state index contributed by atoms with van der Waals surface area (Å²) >= 11 is 0. The molecule has 0 radical (unpaired) electrons. The maximum Gasteiger partial charge on any atom is 0.215 e. The monoisotopic (exact) mass is 227 g/mol. The van der Waals surface area contributed by atoms with Crippen molar-refractivity contribution >= 4 is 10.0 Å². The van der Waals surface area contributed by atoms with Crippen LogP contribution in [0.25, 0.3) is 0 Å². The van der Waals surface area contributed by atoms with Gasteiger partial charge in [0.1, 0.15) is 5.75 Å². The molecule has 2 rings (SSSR count). The zero-order valence-corrected chi connectivity index (χ0v) is 9.30. The van der Waals surface area contributed by atoms with E-state index in [9.17, 15) is 8.42 Å². The van der Waals surface area contributed by atoms with Gasteiger partial charge in [0.2, 0.25) is 10.0 Å². The first-order valence-electron chi connectivity index (χ1n) is 4.76. The van der Waals surface area contributed by atoms with E-state index in [1.807, 2.05) is 12.1 Å². The Kier molecular flexibility index (Phi) is 2.67. The van der Waals surface area contributed by atoms with Crippen molar-refractivity contribution < 1.29 is 13.2 Å². The van der Waals surface area contributed by atoms with Gasteiger partial charge in [-0.3, -0.25) is 0 Å². The first kappa shape index (κ1) is 10.4. The van der Waals surface area contributed by atoms with Crippen molar-refractivity contribution in [3.63, 3.8) is 0 Å². The third-order valence-electron chi connectivity index (χ3n) is 2.42. The van der Waals surface area contributed by atoms with Crippen LogP contribution in [0, 0.1) is 0 Å². The first-order chi connectivity index (χ1) is 7.11. The van der Waals surface area contributed by atoms with Crippen molar-refractivity contribution in [1.82, 2.24) is 4.72 Å². The molecule has 82 valence electrons. The number of ether oxygens (including phenoxy) is 1. The lowest BCUT2D eigenvalue weighted by Crippen LogP contribution is -2.20. The van der Waals surface area contributed by atoms with Crippen LogP contribution in [0.1, 0.15) is 11.1 Å². The maximum absolute atomic E-state index is 11.3. The number of sulfonamides is 1. The molecule has 5 heteroatoms. The molecule has 4 nitrogen and oxygen atoms in total. The summed E-state index contributed by atoms with van der Waals surface area (Å²) in [6.07, 6.45) is 0.864. The number of fused-ring (bicyclic) bond motifs is 1. The molecule has 1 heterocycles. The van der Waals surface area contributed by atoms with Crippen LogP contribution in [0.5, 0.6) is 5.75 Å². The Labute approximate surface area is 89.3 Å². The fourth-order valence-corrected chi connectivity index (χ4v) is 2.38. The predicted octanol–water partition coefficient (Wildman–Crippen LogP) is 0.671. The molecule has 0 spiro atoms. The molecule has 0 aliphatic carbocycles. The zero-order chi connectivity index (χ0) is 10.9. The summed E-state index contributed by atoms with van der Waals surface area (Å²) in [5, 5.41) is 0. The highest BCUT2D eigenvalue weighted by Crippen LogP contribution is 2.26. The Morgan fingerprint density at radius 1 is 1.47 bits per heavy atom. The maximum atomic E-state index is 11.3. The second-order valence-electron chi connectivity index (χ2n) is 3.50. The smallest absolute Gasteiger partial charge is 0.215 e. The van der Waals surface area contributed by atoms with Crippen molar-refractivity contribution in [2.24, 2.45) is 0 Å². The molecular formula is C10H13NO3S. The number of hydrogen-bond donors (Lipinski definition) is 1. The minimum absolute atomic E-state index is 0.0246. The first-order valence-corrected chi connectivity index (χ1v) is 6.42. The van der Waals surface area contributed by atoms with E-state index in [1.54, 1.807) is 6.07 Å². The van der Waals surface area contributed by atoms with Gasteiger partial charge < -0.3 is 4.74 Å². The van der Waals surface area contributed by atoms with Crippen molar-refractivity contribution in [1.29, 1.82) is 0 Å². The van der Waals surface area contributed by atoms with Crippen LogP contribution < -0.4 is 9.46 Å². The van der Waals surface area contributed by atoms with Crippen molar-refractivity contribution in [2.45, 2.75) is 12.2 Å². The van der Waals surface area contributed by atoms with Gasteiger partial charge >= 0.3 is 0 Å². The van der Waals surface area contributed by atoms with E-state index in [4.69, 9.17) is 4.74 Å². The molecule has 15 heavy (non-hydrogen) atoms. The van der Waals surface area contributed by atoms with Gasteiger partial charge in [0.05, 0.1) is 12.4 Å². The van der Waals surface area contributed by atoms with E-state index in [0.29, 0.717) is 6.61 Å². The third kappa shape index (κ3) is 2.30. The highest BCUT2D eigenvalue weighted by molar-refractivity contribution is 7.88. The Morgan fingerprint density at radius 2 is 2.27 bits per heavy atom. The fourth-order valence-electron chi connectivity index (χ4n) is 1.62. The quantitative estimate of drug-likeness (QED) is 0.825. The lowest BCUT2D eigenvalue weighted by atomic mass is 10.1. The summed E-state index contributed by atoms with van der Waals surface area (Å²) < 4.78 is 30.3. The Hall–Kier alpha value is -1.07. The SMILES string of the molecule is CNS(=O)(=O)Cc1ccc2c(c1)CCO2. The average Bonchev–Trinajstić information content (AvgIpc) is 2.64. The molecule has 1 aliphatic rings. The van der Waals surface area contributed by atoms with E-state index in [0.717, 1.165) is 23.3 Å². The van der Waals surface area contributed by atoms with Crippen LogP contribution >= 0.6 is 0 Å². The summed E-state index contributed by atoms with van der Waals surface area (Å²) in [4.78, 5) is 0. The second-order valence-corrected chi connectivity index (χ2v) is 5.43. The number of hydrogen-bond acceptors (Lipinski definition) is 3. The van der Waals surface area contributed by atoms with Gasteiger partial charge in [-0.15, -0.1) is 0 Å². The second kappa shape index (κ2) is 3.83. The van der Waals surface area contributed by atoms with E-state index in [1.165, 1.54) is 7.05 Å². The Morgan fingerprint density at radius 3 is 3.00 bits per heavy atom. The molecule has 1 aliphatic heterocycles. The topological polar surface area (TPSA) is 55.4 Å². The Bertz CT molecular complexity index is 468. The summed E-state index contributed by atoms with van der Waals surface area (Å²) in [5.74, 6) is 0.900. The summed E-state index contributed by atoms with van der Waals surface area (Å²) in [6.45, 7) is 0.692. The van der Waals surface area contributed by atoms with Crippen LogP contribution in [0.2, 0.25) is 0 Å². The van der Waals surface area contributed by atoms with Crippen molar-refractivity contribution in [3.8, 4) is 5.75 Å².